The number of hydrogen-bond acceptors (Lipinski definition) is 3. The van der Waals surface area contributed by atoms with Crippen LogP contribution in [-0.2, 0) is 0 Å². The highest BCUT2D eigenvalue weighted by molar-refractivity contribution is 5.91. The number of benzene rings is 1. The standard InChI is InChI=1S/C18H17N5/c19-17-16-15(13-4-5-14-12(10-13)6-7-20-14)22-18(11-2-1-3-11)23(16)9-8-21-17/h4-11,20H,1-3H2,(H2,19,21). The van der Waals surface area contributed by atoms with Crippen molar-refractivity contribution < 1.29 is 0 Å². The summed E-state index contributed by atoms with van der Waals surface area (Å²) in [6.45, 7) is 0. The second-order valence-electron chi connectivity index (χ2n) is 6.26. The maximum Gasteiger partial charge on any atom is 0.150 e. The summed E-state index contributed by atoms with van der Waals surface area (Å²) in [4.78, 5) is 12.5. The highest BCUT2D eigenvalue weighted by atomic mass is 15.1. The summed E-state index contributed by atoms with van der Waals surface area (Å²) in [6.07, 6.45) is 9.38. The Hall–Kier alpha value is -2.82. The van der Waals surface area contributed by atoms with Gasteiger partial charge in [-0.25, -0.2) is 9.97 Å². The molecule has 5 nitrogen and oxygen atoms in total. The fourth-order valence-electron chi connectivity index (χ4n) is 3.44. The third kappa shape index (κ3) is 1.79. The summed E-state index contributed by atoms with van der Waals surface area (Å²) in [6, 6.07) is 8.42. The Bertz CT molecular complexity index is 1020. The topological polar surface area (TPSA) is 72.0 Å². The summed E-state index contributed by atoms with van der Waals surface area (Å²) in [5.41, 5.74) is 10.2. The Balaban J connectivity index is 1.79. The second-order valence-corrected chi connectivity index (χ2v) is 6.26. The maximum atomic E-state index is 6.18. The fourth-order valence-corrected chi connectivity index (χ4v) is 3.44. The number of nitrogens with one attached hydrogen (secondary N) is 1. The Morgan fingerprint density at radius 3 is 2.96 bits per heavy atom. The van der Waals surface area contributed by atoms with Crippen LogP contribution in [0, 0.1) is 0 Å². The molecule has 4 aromatic rings. The average molecular weight is 303 g/mol. The van der Waals surface area contributed by atoms with Gasteiger partial charge in [0, 0.05) is 41.0 Å². The van der Waals surface area contributed by atoms with Crippen molar-refractivity contribution in [2.45, 2.75) is 25.2 Å². The highest BCUT2D eigenvalue weighted by Crippen LogP contribution is 2.39. The smallest absolute Gasteiger partial charge is 0.150 e. The van der Waals surface area contributed by atoms with E-state index < -0.39 is 0 Å². The molecule has 3 heterocycles. The van der Waals surface area contributed by atoms with Crippen molar-refractivity contribution in [2.24, 2.45) is 0 Å². The molecule has 1 fully saturated rings. The largest absolute Gasteiger partial charge is 0.382 e. The summed E-state index contributed by atoms with van der Waals surface area (Å²) < 4.78 is 2.13. The third-order valence-corrected chi connectivity index (χ3v) is 4.91. The Kier molecular flexibility index (Phi) is 2.53. The van der Waals surface area contributed by atoms with Gasteiger partial charge in [-0.2, -0.15) is 0 Å². The normalized spacial score (nSPS) is 15.3. The lowest BCUT2D eigenvalue weighted by atomic mass is 9.85. The highest BCUT2D eigenvalue weighted by Gasteiger charge is 2.26. The zero-order chi connectivity index (χ0) is 15.4. The summed E-state index contributed by atoms with van der Waals surface area (Å²) in [7, 11) is 0. The van der Waals surface area contributed by atoms with Crippen LogP contribution in [0.2, 0.25) is 0 Å². The third-order valence-electron chi connectivity index (χ3n) is 4.91. The molecular weight excluding hydrogens is 286 g/mol. The lowest BCUT2D eigenvalue weighted by Gasteiger charge is -2.23. The molecule has 114 valence electrons. The minimum atomic E-state index is 0.536. The molecule has 0 radical (unpaired) electrons. The second kappa shape index (κ2) is 4.59. The first-order valence-corrected chi connectivity index (χ1v) is 8.01. The van der Waals surface area contributed by atoms with Crippen LogP contribution in [0.4, 0.5) is 5.82 Å². The van der Waals surface area contributed by atoms with E-state index in [4.69, 9.17) is 10.7 Å². The van der Waals surface area contributed by atoms with Gasteiger partial charge in [0.25, 0.3) is 0 Å². The molecule has 1 saturated carbocycles. The van der Waals surface area contributed by atoms with E-state index >= 15 is 0 Å². The van der Waals surface area contributed by atoms with Crippen LogP contribution >= 0.6 is 0 Å². The van der Waals surface area contributed by atoms with Gasteiger partial charge in [0.05, 0.1) is 0 Å². The van der Waals surface area contributed by atoms with Crippen molar-refractivity contribution in [2.75, 3.05) is 5.73 Å². The number of nitrogen functional groups attached to an aromatic ring is 1. The van der Waals surface area contributed by atoms with Crippen LogP contribution in [0.25, 0.3) is 27.7 Å². The van der Waals surface area contributed by atoms with Crippen molar-refractivity contribution >= 4 is 22.2 Å². The number of nitrogens with zero attached hydrogens (tertiary/aromatic N) is 3. The first kappa shape index (κ1) is 12.7. The van der Waals surface area contributed by atoms with Crippen molar-refractivity contribution in [1.82, 2.24) is 19.4 Å². The number of rotatable bonds is 2. The molecule has 0 aliphatic heterocycles. The maximum absolute atomic E-state index is 6.18. The van der Waals surface area contributed by atoms with Crippen LogP contribution in [-0.4, -0.2) is 19.4 Å². The summed E-state index contributed by atoms with van der Waals surface area (Å²) >= 11 is 0. The Labute approximate surface area is 133 Å². The lowest BCUT2D eigenvalue weighted by molar-refractivity contribution is 0.400. The number of H-pyrrole nitrogens is 1. The predicted octanol–water partition coefficient (Wildman–Crippen LogP) is 3.73. The van der Waals surface area contributed by atoms with E-state index in [9.17, 15) is 0 Å². The molecule has 3 aromatic heterocycles. The molecule has 0 saturated heterocycles. The number of nitrogens with two attached hydrogens (primary N) is 1. The van der Waals surface area contributed by atoms with Crippen molar-refractivity contribution in [1.29, 1.82) is 0 Å². The van der Waals surface area contributed by atoms with E-state index in [2.05, 4.69) is 38.6 Å². The van der Waals surface area contributed by atoms with E-state index in [0.29, 0.717) is 11.7 Å². The van der Waals surface area contributed by atoms with Gasteiger partial charge in [-0.1, -0.05) is 12.5 Å². The van der Waals surface area contributed by atoms with E-state index in [1.54, 1.807) is 6.20 Å². The molecule has 0 bridgehead atoms. The molecular formula is C18H17N5. The first-order valence-electron chi connectivity index (χ1n) is 8.01. The van der Waals surface area contributed by atoms with Crippen LogP contribution in [0.15, 0.2) is 42.9 Å². The number of fused-ring (bicyclic) bond motifs is 2. The van der Waals surface area contributed by atoms with Crippen molar-refractivity contribution in [3.63, 3.8) is 0 Å². The average Bonchev–Trinajstić information content (AvgIpc) is 3.10. The summed E-state index contributed by atoms with van der Waals surface area (Å²) in [5, 5.41) is 1.18. The summed E-state index contributed by atoms with van der Waals surface area (Å²) in [5.74, 6) is 2.19. The predicted molar refractivity (Wildman–Crippen MR) is 91.3 cm³/mol. The molecule has 1 aliphatic carbocycles. The molecule has 5 heteroatoms. The number of aromatic nitrogens is 4. The zero-order valence-corrected chi connectivity index (χ0v) is 12.7. The zero-order valence-electron chi connectivity index (χ0n) is 12.7. The van der Waals surface area contributed by atoms with Gasteiger partial charge in [-0.05, 0) is 31.0 Å². The monoisotopic (exact) mass is 303 g/mol. The first-order chi connectivity index (χ1) is 11.3. The van der Waals surface area contributed by atoms with Crippen LogP contribution in [0.3, 0.4) is 0 Å². The molecule has 0 amide bonds. The SMILES string of the molecule is Nc1nccn2c(C3CCC3)nc(-c3ccc4[nH]ccc4c3)c12. The van der Waals surface area contributed by atoms with Crippen molar-refractivity contribution in [3.05, 3.63) is 48.7 Å². The van der Waals surface area contributed by atoms with Crippen LogP contribution in [0.1, 0.15) is 31.0 Å². The van der Waals surface area contributed by atoms with Crippen LogP contribution < -0.4 is 5.73 Å². The van der Waals surface area contributed by atoms with Crippen LogP contribution in [0.5, 0.6) is 0 Å². The molecule has 3 N–H and O–H groups in total. The molecule has 0 spiro atoms. The van der Waals surface area contributed by atoms with Gasteiger partial charge in [0.1, 0.15) is 22.9 Å². The molecule has 5 rings (SSSR count). The van der Waals surface area contributed by atoms with Gasteiger partial charge < -0.3 is 10.7 Å². The minimum absolute atomic E-state index is 0.536. The quantitative estimate of drug-likeness (QED) is 0.592. The molecule has 1 aromatic carbocycles. The number of anilines is 1. The number of aromatic amines is 1. The lowest BCUT2D eigenvalue weighted by Crippen LogP contribution is -2.12. The fraction of sp³-hybridized carbons (Fsp3) is 0.222. The van der Waals surface area contributed by atoms with E-state index in [0.717, 1.165) is 28.1 Å². The minimum Gasteiger partial charge on any atom is -0.382 e. The van der Waals surface area contributed by atoms with E-state index in [-0.39, 0.29) is 0 Å². The van der Waals surface area contributed by atoms with Gasteiger partial charge in [0.15, 0.2) is 0 Å². The van der Waals surface area contributed by atoms with Gasteiger partial charge in [-0.15, -0.1) is 0 Å². The van der Waals surface area contributed by atoms with E-state index in [1.807, 2.05) is 12.4 Å². The molecule has 0 unspecified atom stereocenters. The van der Waals surface area contributed by atoms with Gasteiger partial charge >= 0.3 is 0 Å². The van der Waals surface area contributed by atoms with Crippen molar-refractivity contribution in [3.8, 4) is 11.3 Å². The Morgan fingerprint density at radius 1 is 1.22 bits per heavy atom. The van der Waals surface area contributed by atoms with Gasteiger partial charge in [-0.3, -0.25) is 4.40 Å². The van der Waals surface area contributed by atoms with E-state index in [1.165, 1.54) is 24.6 Å². The molecule has 0 atom stereocenters. The number of imidazole rings is 1. The number of hydrogen-bond donors (Lipinski definition) is 2. The molecule has 23 heavy (non-hydrogen) atoms. The van der Waals surface area contributed by atoms with Gasteiger partial charge in [0.2, 0.25) is 0 Å². The molecule has 1 aliphatic rings. The Morgan fingerprint density at radius 2 is 2.13 bits per heavy atom.